The van der Waals surface area contributed by atoms with E-state index in [9.17, 15) is 9.59 Å². The van der Waals surface area contributed by atoms with E-state index in [1.807, 2.05) is 38.1 Å². The van der Waals surface area contributed by atoms with Crippen molar-refractivity contribution in [2.45, 2.75) is 39.8 Å². The molecule has 0 radical (unpaired) electrons. The number of hydrogen-bond donors (Lipinski definition) is 3. The first-order chi connectivity index (χ1) is 9.43. The smallest absolute Gasteiger partial charge is 0.326 e. The maximum Gasteiger partial charge on any atom is 0.326 e. The lowest BCUT2D eigenvalue weighted by Gasteiger charge is -2.20. The van der Waals surface area contributed by atoms with Crippen molar-refractivity contribution >= 4 is 12.0 Å². The van der Waals surface area contributed by atoms with Gasteiger partial charge in [0, 0.05) is 6.54 Å². The van der Waals surface area contributed by atoms with Crippen LogP contribution in [0.2, 0.25) is 0 Å². The van der Waals surface area contributed by atoms with Crippen molar-refractivity contribution in [3.05, 3.63) is 35.4 Å². The Morgan fingerprint density at radius 1 is 1.35 bits per heavy atom. The molecule has 1 aromatic rings. The van der Waals surface area contributed by atoms with Gasteiger partial charge in [0.15, 0.2) is 0 Å². The summed E-state index contributed by atoms with van der Waals surface area (Å²) in [6.07, 6.45) is 0.690. The molecule has 5 heteroatoms. The summed E-state index contributed by atoms with van der Waals surface area (Å²) in [5, 5.41) is 14.3. The molecule has 2 amide bonds. The molecule has 0 aliphatic heterocycles. The average molecular weight is 278 g/mol. The third-order valence-corrected chi connectivity index (χ3v) is 3.30. The number of urea groups is 1. The summed E-state index contributed by atoms with van der Waals surface area (Å²) < 4.78 is 0. The van der Waals surface area contributed by atoms with Crippen LogP contribution in [-0.2, 0) is 11.3 Å². The van der Waals surface area contributed by atoms with Gasteiger partial charge in [-0.05, 0) is 18.4 Å². The van der Waals surface area contributed by atoms with E-state index in [0.717, 1.165) is 11.1 Å². The van der Waals surface area contributed by atoms with E-state index >= 15 is 0 Å². The highest BCUT2D eigenvalue weighted by Gasteiger charge is 2.24. The number of carboxylic acid groups (broad SMARTS) is 1. The van der Waals surface area contributed by atoms with Gasteiger partial charge >= 0.3 is 12.0 Å². The molecule has 0 aliphatic carbocycles. The van der Waals surface area contributed by atoms with Crippen LogP contribution in [0.5, 0.6) is 0 Å². The van der Waals surface area contributed by atoms with Crippen LogP contribution in [0.3, 0.4) is 0 Å². The van der Waals surface area contributed by atoms with E-state index in [0.29, 0.717) is 13.0 Å². The van der Waals surface area contributed by atoms with Crippen molar-refractivity contribution in [1.29, 1.82) is 0 Å². The molecular weight excluding hydrogens is 256 g/mol. The molecule has 1 rings (SSSR count). The highest BCUT2D eigenvalue weighted by atomic mass is 16.4. The minimum absolute atomic E-state index is 0.114. The maximum atomic E-state index is 11.8. The van der Waals surface area contributed by atoms with Gasteiger partial charge in [-0.1, -0.05) is 50.1 Å². The fraction of sp³-hybridized carbons (Fsp3) is 0.467. The largest absolute Gasteiger partial charge is 0.480 e. The van der Waals surface area contributed by atoms with Crippen LogP contribution in [0.15, 0.2) is 24.3 Å². The topological polar surface area (TPSA) is 78.4 Å². The van der Waals surface area contributed by atoms with Gasteiger partial charge in [-0.2, -0.15) is 0 Å². The van der Waals surface area contributed by atoms with Gasteiger partial charge in [-0.3, -0.25) is 0 Å². The number of carbonyl (C=O) groups excluding carboxylic acids is 1. The fourth-order valence-corrected chi connectivity index (χ4v) is 1.88. The number of aryl methyl sites for hydroxylation is 1. The number of amides is 2. The van der Waals surface area contributed by atoms with Crippen LogP contribution in [0, 0.1) is 12.8 Å². The molecular formula is C15H22N2O3. The lowest BCUT2D eigenvalue weighted by atomic mass is 9.99. The summed E-state index contributed by atoms with van der Waals surface area (Å²) in [6.45, 7) is 6.06. The van der Waals surface area contributed by atoms with Gasteiger partial charge in [0.1, 0.15) is 6.04 Å². The van der Waals surface area contributed by atoms with E-state index in [2.05, 4.69) is 10.6 Å². The molecule has 0 heterocycles. The molecule has 3 N–H and O–H groups in total. The predicted molar refractivity (Wildman–Crippen MR) is 77.4 cm³/mol. The highest BCUT2D eigenvalue weighted by molar-refractivity contribution is 5.82. The summed E-state index contributed by atoms with van der Waals surface area (Å²) in [7, 11) is 0. The van der Waals surface area contributed by atoms with E-state index in [1.54, 1.807) is 6.92 Å². The summed E-state index contributed by atoms with van der Waals surface area (Å²) in [5.41, 5.74) is 2.10. The number of carbonyl (C=O) groups is 2. The number of rotatable bonds is 6. The molecule has 0 aliphatic rings. The standard InChI is InChI=1S/C15H22N2O3/c1-4-11(3)13(14(18)19)17-15(20)16-9-12-7-5-6-10(2)8-12/h5-8,11,13H,4,9H2,1-3H3,(H,18,19)(H2,16,17,20). The summed E-state index contributed by atoms with van der Waals surface area (Å²) in [6, 6.07) is 6.47. The maximum absolute atomic E-state index is 11.8. The Kier molecular flexibility index (Phi) is 6.03. The minimum atomic E-state index is -1.01. The van der Waals surface area contributed by atoms with Crippen LogP contribution in [0.25, 0.3) is 0 Å². The van der Waals surface area contributed by atoms with Crippen molar-refractivity contribution in [3.8, 4) is 0 Å². The molecule has 0 saturated heterocycles. The molecule has 0 spiro atoms. The van der Waals surface area contributed by atoms with Gasteiger partial charge in [-0.15, -0.1) is 0 Å². The van der Waals surface area contributed by atoms with Gasteiger partial charge in [-0.25, -0.2) is 9.59 Å². The second-order valence-corrected chi connectivity index (χ2v) is 5.02. The number of hydrogen-bond acceptors (Lipinski definition) is 2. The van der Waals surface area contributed by atoms with Crippen molar-refractivity contribution in [1.82, 2.24) is 10.6 Å². The number of nitrogens with one attached hydrogen (secondary N) is 2. The zero-order valence-corrected chi connectivity index (χ0v) is 12.1. The van der Waals surface area contributed by atoms with E-state index in [4.69, 9.17) is 5.11 Å². The molecule has 1 aromatic carbocycles. The molecule has 20 heavy (non-hydrogen) atoms. The van der Waals surface area contributed by atoms with Crippen LogP contribution in [-0.4, -0.2) is 23.1 Å². The van der Waals surface area contributed by atoms with Crippen LogP contribution in [0.4, 0.5) is 4.79 Å². The SMILES string of the molecule is CCC(C)C(NC(=O)NCc1cccc(C)c1)C(=O)O. The number of benzene rings is 1. The van der Waals surface area contributed by atoms with Crippen molar-refractivity contribution in [2.75, 3.05) is 0 Å². The zero-order chi connectivity index (χ0) is 15.1. The van der Waals surface area contributed by atoms with E-state index in [-0.39, 0.29) is 5.92 Å². The van der Waals surface area contributed by atoms with Gasteiger partial charge < -0.3 is 15.7 Å². The number of carboxylic acids is 1. The summed E-state index contributed by atoms with van der Waals surface area (Å²) in [5.74, 6) is -1.12. The molecule has 2 unspecified atom stereocenters. The second kappa shape index (κ2) is 7.53. The highest BCUT2D eigenvalue weighted by Crippen LogP contribution is 2.08. The van der Waals surface area contributed by atoms with Gasteiger partial charge in [0.05, 0.1) is 0 Å². The Hall–Kier alpha value is -2.04. The first-order valence-electron chi connectivity index (χ1n) is 6.76. The predicted octanol–water partition coefficient (Wildman–Crippen LogP) is 2.29. The van der Waals surface area contributed by atoms with Crippen LogP contribution in [0.1, 0.15) is 31.4 Å². The third-order valence-electron chi connectivity index (χ3n) is 3.30. The lowest BCUT2D eigenvalue weighted by molar-refractivity contribution is -0.140. The van der Waals surface area contributed by atoms with Crippen molar-refractivity contribution < 1.29 is 14.7 Å². The van der Waals surface area contributed by atoms with Crippen LogP contribution < -0.4 is 10.6 Å². The lowest BCUT2D eigenvalue weighted by Crippen LogP contribution is -2.48. The quantitative estimate of drug-likeness (QED) is 0.747. The fourth-order valence-electron chi connectivity index (χ4n) is 1.88. The van der Waals surface area contributed by atoms with Crippen LogP contribution >= 0.6 is 0 Å². The molecule has 0 fully saturated rings. The van der Waals surface area contributed by atoms with Crippen molar-refractivity contribution in [2.24, 2.45) is 5.92 Å². The van der Waals surface area contributed by atoms with Gasteiger partial charge in [0.2, 0.25) is 0 Å². The molecule has 0 saturated carbocycles. The molecule has 5 nitrogen and oxygen atoms in total. The Morgan fingerprint density at radius 2 is 2.05 bits per heavy atom. The summed E-state index contributed by atoms with van der Waals surface area (Å²) in [4.78, 5) is 22.9. The minimum Gasteiger partial charge on any atom is -0.480 e. The molecule has 0 bridgehead atoms. The average Bonchev–Trinajstić information content (AvgIpc) is 2.41. The molecule has 0 aromatic heterocycles. The Labute approximate surface area is 119 Å². The Balaban J connectivity index is 2.52. The van der Waals surface area contributed by atoms with E-state index < -0.39 is 18.0 Å². The zero-order valence-electron chi connectivity index (χ0n) is 12.1. The number of aliphatic carboxylic acids is 1. The third kappa shape index (κ3) is 4.91. The molecule has 110 valence electrons. The first kappa shape index (κ1) is 16.0. The first-order valence-corrected chi connectivity index (χ1v) is 6.76. The Morgan fingerprint density at radius 3 is 2.60 bits per heavy atom. The Bertz CT molecular complexity index is 474. The van der Waals surface area contributed by atoms with Crippen molar-refractivity contribution in [3.63, 3.8) is 0 Å². The normalized spacial score (nSPS) is 13.3. The molecule has 2 atom stereocenters. The van der Waals surface area contributed by atoms with E-state index in [1.165, 1.54) is 0 Å². The monoisotopic (exact) mass is 278 g/mol. The van der Waals surface area contributed by atoms with Gasteiger partial charge in [0.25, 0.3) is 0 Å². The summed E-state index contributed by atoms with van der Waals surface area (Å²) >= 11 is 0. The second-order valence-electron chi connectivity index (χ2n) is 5.02.